The van der Waals surface area contributed by atoms with Gasteiger partial charge in [-0.05, 0) is 18.6 Å². The number of nitrogens with one attached hydrogen (secondary N) is 1. The molecule has 0 saturated carbocycles. The fourth-order valence-electron chi connectivity index (χ4n) is 2.17. The molecule has 1 saturated heterocycles. The standard InChI is InChI=1S/C12H18F2N2S.2ClH/c1-2-9-3-4-10(17-9)11(12(13)14)16-7-5-15-6-8-16;;/h3-4,11-12,15H,2,5-8H2,1H3;2*1H/t11-;;/m1../s1. The lowest BCUT2D eigenvalue weighted by Crippen LogP contribution is -2.46. The highest BCUT2D eigenvalue weighted by Gasteiger charge is 2.31. The molecule has 0 bridgehead atoms. The summed E-state index contributed by atoms with van der Waals surface area (Å²) in [6.45, 7) is 5.06. The normalized spacial score (nSPS) is 17.7. The zero-order valence-corrected chi connectivity index (χ0v) is 13.2. The number of alkyl halides is 2. The van der Waals surface area contributed by atoms with Crippen LogP contribution in [0.1, 0.15) is 22.7 Å². The Bertz CT molecular complexity index is 357. The van der Waals surface area contributed by atoms with Crippen LogP contribution in [0.15, 0.2) is 12.1 Å². The van der Waals surface area contributed by atoms with Crippen LogP contribution >= 0.6 is 36.2 Å². The van der Waals surface area contributed by atoms with Crippen LogP contribution in [0.2, 0.25) is 0 Å². The summed E-state index contributed by atoms with van der Waals surface area (Å²) >= 11 is 1.52. The van der Waals surface area contributed by atoms with Gasteiger partial charge in [-0.3, -0.25) is 4.90 Å². The number of rotatable bonds is 4. The van der Waals surface area contributed by atoms with Gasteiger partial charge in [-0.2, -0.15) is 0 Å². The summed E-state index contributed by atoms with van der Waals surface area (Å²) in [7, 11) is 0. The van der Waals surface area contributed by atoms with Gasteiger partial charge in [-0.15, -0.1) is 36.2 Å². The molecule has 1 aromatic heterocycles. The Labute approximate surface area is 129 Å². The third-order valence-corrected chi connectivity index (χ3v) is 4.41. The third kappa shape index (κ3) is 4.83. The zero-order chi connectivity index (χ0) is 12.3. The largest absolute Gasteiger partial charge is 0.314 e. The van der Waals surface area contributed by atoms with Gasteiger partial charge in [0, 0.05) is 35.9 Å². The molecule has 1 atom stereocenters. The van der Waals surface area contributed by atoms with E-state index in [1.54, 1.807) is 0 Å². The van der Waals surface area contributed by atoms with Crippen molar-refractivity contribution in [1.29, 1.82) is 0 Å². The maximum atomic E-state index is 13.2. The minimum Gasteiger partial charge on any atom is -0.314 e. The number of hydrogen-bond acceptors (Lipinski definition) is 3. The first-order chi connectivity index (χ1) is 8.22. The van der Waals surface area contributed by atoms with E-state index < -0.39 is 12.5 Å². The first-order valence-electron chi connectivity index (χ1n) is 6.04. The van der Waals surface area contributed by atoms with Gasteiger partial charge in [-0.1, -0.05) is 6.92 Å². The van der Waals surface area contributed by atoms with Crippen molar-refractivity contribution in [3.63, 3.8) is 0 Å². The number of aryl methyl sites for hydroxylation is 1. The van der Waals surface area contributed by atoms with E-state index in [1.165, 1.54) is 16.2 Å². The van der Waals surface area contributed by atoms with Gasteiger partial charge < -0.3 is 5.32 Å². The number of hydrogen-bond donors (Lipinski definition) is 1. The molecule has 112 valence electrons. The van der Waals surface area contributed by atoms with Crippen LogP contribution in [0.4, 0.5) is 8.78 Å². The lowest BCUT2D eigenvalue weighted by atomic mass is 10.2. The van der Waals surface area contributed by atoms with Crippen LogP contribution < -0.4 is 5.32 Å². The Morgan fingerprint density at radius 3 is 2.37 bits per heavy atom. The fraction of sp³-hybridized carbons (Fsp3) is 0.667. The second-order valence-corrected chi connectivity index (χ2v) is 5.42. The van der Waals surface area contributed by atoms with Crippen molar-refractivity contribution in [2.24, 2.45) is 0 Å². The predicted molar refractivity (Wildman–Crippen MR) is 81.4 cm³/mol. The highest BCUT2D eigenvalue weighted by atomic mass is 35.5. The van der Waals surface area contributed by atoms with Crippen molar-refractivity contribution >= 4 is 36.2 Å². The van der Waals surface area contributed by atoms with Crippen LogP contribution in [0.25, 0.3) is 0 Å². The molecule has 0 aliphatic carbocycles. The van der Waals surface area contributed by atoms with Crippen LogP contribution in [-0.2, 0) is 6.42 Å². The van der Waals surface area contributed by atoms with Crippen LogP contribution in [0.3, 0.4) is 0 Å². The molecule has 0 unspecified atom stereocenters. The van der Waals surface area contributed by atoms with Gasteiger partial charge in [0.2, 0.25) is 0 Å². The summed E-state index contributed by atoms with van der Waals surface area (Å²) in [4.78, 5) is 3.88. The summed E-state index contributed by atoms with van der Waals surface area (Å²) in [5.41, 5.74) is 0. The van der Waals surface area contributed by atoms with Gasteiger partial charge in [0.05, 0.1) is 0 Å². The molecule has 19 heavy (non-hydrogen) atoms. The minimum atomic E-state index is -2.31. The van der Waals surface area contributed by atoms with Gasteiger partial charge in [0.15, 0.2) is 0 Å². The molecule has 1 fully saturated rings. The Balaban J connectivity index is 0.00000162. The van der Waals surface area contributed by atoms with E-state index in [4.69, 9.17) is 0 Å². The lowest BCUT2D eigenvalue weighted by molar-refractivity contribution is 0.0200. The predicted octanol–water partition coefficient (Wildman–Crippen LogP) is 3.37. The van der Waals surface area contributed by atoms with Crippen molar-refractivity contribution < 1.29 is 8.78 Å². The molecule has 1 aliphatic rings. The monoisotopic (exact) mass is 332 g/mol. The van der Waals surface area contributed by atoms with E-state index in [1.807, 2.05) is 17.0 Å². The van der Waals surface area contributed by atoms with E-state index in [-0.39, 0.29) is 24.8 Å². The van der Waals surface area contributed by atoms with Crippen LogP contribution in [0, 0.1) is 0 Å². The van der Waals surface area contributed by atoms with E-state index in [9.17, 15) is 8.78 Å². The molecule has 1 N–H and O–H groups in total. The summed E-state index contributed by atoms with van der Waals surface area (Å²) in [6, 6.07) is 3.11. The van der Waals surface area contributed by atoms with Crippen molar-refractivity contribution in [3.8, 4) is 0 Å². The molecule has 7 heteroatoms. The summed E-state index contributed by atoms with van der Waals surface area (Å²) < 4.78 is 26.5. The highest BCUT2D eigenvalue weighted by molar-refractivity contribution is 7.12. The van der Waals surface area contributed by atoms with Crippen LogP contribution in [0.5, 0.6) is 0 Å². The molecular weight excluding hydrogens is 313 g/mol. The molecular formula is C12H20Cl2F2N2S. The second-order valence-electron chi connectivity index (χ2n) is 4.22. The molecule has 2 heterocycles. The van der Waals surface area contributed by atoms with Crippen molar-refractivity contribution in [3.05, 3.63) is 21.9 Å². The average molecular weight is 333 g/mol. The third-order valence-electron chi connectivity index (χ3n) is 3.11. The second kappa shape index (κ2) is 9.08. The Morgan fingerprint density at radius 1 is 1.26 bits per heavy atom. The Kier molecular flexibility index (Phi) is 9.11. The number of piperazine rings is 1. The number of nitrogens with zero attached hydrogens (tertiary/aromatic N) is 1. The van der Waals surface area contributed by atoms with E-state index >= 15 is 0 Å². The molecule has 2 rings (SSSR count). The molecule has 1 aromatic rings. The topological polar surface area (TPSA) is 15.3 Å². The Morgan fingerprint density at radius 2 is 1.89 bits per heavy atom. The first-order valence-corrected chi connectivity index (χ1v) is 6.85. The van der Waals surface area contributed by atoms with Gasteiger partial charge in [-0.25, -0.2) is 8.78 Å². The highest BCUT2D eigenvalue weighted by Crippen LogP contribution is 2.33. The zero-order valence-electron chi connectivity index (χ0n) is 10.8. The van der Waals surface area contributed by atoms with Crippen molar-refractivity contribution in [2.45, 2.75) is 25.8 Å². The SMILES string of the molecule is CCc1ccc([C@H](C(F)F)N2CCNCC2)s1.Cl.Cl. The molecule has 2 nitrogen and oxygen atoms in total. The van der Waals surface area contributed by atoms with E-state index in [2.05, 4.69) is 12.2 Å². The number of halogens is 4. The molecule has 1 aliphatic heterocycles. The van der Waals surface area contributed by atoms with Crippen molar-refractivity contribution in [1.82, 2.24) is 10.2 Å². The van der Waals surface area contributed by atoms with E-state index in [0.717, 1.165) is 24.4 Å². The molecule has 0 aromatic carbocycles. The minimum absolute atomic E-state index is 0. The fourth-order valence-corrected chi connectivity index (χ4v) is 3.26. The number of thiophene rings is 1. The first kappa shape index (κ1) is 19.1. The molecule has 0 radical (unpaired) electrons. The average Bonchev–Trinajstić information content (AvgIpc) is 2.79. The Hall–Kier alpha value is 0.0600. The maximum Gasteiger partial charge on any atom is 0.258 e. The molecule has 0 spiro atoms. The van der Waals surface area contributed by atoms with Crippen molar-refractivity contribution in [2.75, 3.05) is 26.2 Å². The van der Waals surface area contributed by atoms with E-state index in [0.29, 0.717) is 13.1 Å². The van der Waals surface area contributed by atoms with Gasteiger partial charge in [0.1, 0.15) is 6.04 Å². The lowest BCUT2D eigenvalue weighted by Gasteiger charge is -2.33. The smallest absolute Gasteiger partial charge is 0.258 e. The molecule has 0 amide bonds. The summed E-state index contributed by atoms with van der Waals surface area (Å²) in [6.07, 6.45) is -1.39. The van der Waals surface area contributed by atoms with Gasteiger partial charge >= 0.3 is 0 Å². The quantitative estimate of drug-likeness (QED) is 0.909. The van der Waals surface area contributed by atoms with Crippen LogP contribution in [-0.4, -0.2) is 37.5 Å². The maximum absolute atomic E-state index is 13.2. The summed E-state index contributed by atoms with van der Waals surface area (Å²) in [5, 5.41) is 3.19. The summed E-state index contributed by atoms with van der Waals surface area (Å²) in [5.74, 6) is 0. The van der Waals surface area contributed by atoms with Gasteiger partial charge in [0.25, 0.3) is 6.43 Å².